The third-order valence-corrected chi connectivity index (χ3v) is 8.75. The first-order valence-electron chi connectivity index (χ1n) is 14.4. The van der Waals surface area contributed by atoms with Crippen molar-refractivity contribution < 1.29 is 23.2 Å². The fourth-order valence-electron chi connectivity index (χ4n) is 6.52. The molecule has 2 aliphatic rings. The number of aryl methyl sites for hydroxylation is 1. The molecule has 2 aliphatic heterocycles. The van der Waals surface area contributed by atoms with Gasteiger partial charge in [-0.15, -0.1) is 0 Å². The van der Waals surface area contributed by atoms with Crippen LogP contribution in [-0.4, -0.2) is 60.0 Å². The van der Waals surface area contributed by atoms with E-state index in [-0.39, 0.29) is 28.6 Å². The molecule has 3 aromatic rings. The third kappa shape index (κ3) is 6.30. The Hall–Kier alpha value is -3.71. The van der Waals surface area contributed by atoms with Crippen LogP contribution in [0.1, 0.15) is 62.6 Å². The molecule has 7 heteroatoms. The van der Waals surface area contributed by atoms with Crippen molar-refractivity contribution in [2.24, 2.45) is 11.8 Å². The average Bonchev–Trinajstić information content (AvgIpc) is 3.37. The fourth-order valence-corrected chi connectivity index (χ4v) is 6.52. The molecule has 3 atom stereocenters. The number of nitrogens with zero attached hydrogens (tertiary/aromatic N) is 2. The van der Waals surface area contributed by atoms with Crippen molar-refractivity contribution in [2.75, 3.05) is 32.7 Å². The van der Waals surface area contributed by atoms with Gasteiger partial charge in [-0.25, -0.2) is 8.78 Å². The van der Waals surface area contributed by atoms with Gasteiger partial charge >= 0.3 is 0 Å². The number of halogens is 2. The summed E-state index contributed by atoms with van der Waals surface area (Å²) in [6.45, 7) is 6.78. The van der Waals surface area contributed by atoms with Gasteiger partial charge in [0.15, 0.2) is 11.6 Å². The highest BCUT2D eigenvalue weighted by Crippen LogP contribution is 2.42. The van der Waals surface area contributed by atoms with Gasteiger partial charge in [0.1, 0.15) is 11.6 Å². The predicted molar refractivity (Wildman–Crippen MR) is 154 cm³/mol. The summed E-state index contributed by atoms with van der Waals surface area (Å²) in [4.78, 5) is 44.4. The van der Waals surface area contributed by atoms with E-state index in [0.717, 1.165) is 29.7 Å². The van der Waals surface area contributed by atoms with E-state index in [2.05, 4.69) is 4.90 Å². The number of carbonyl (C=O) groups is 3. The Morgan fingerprint density at radius 3 is 1.95 bits per heavy atom. The fraction of sp³-hybridized carbons (Fsp3) is 0.382. The van der Waals surface area contributed by atoms with E-state index in [1.165, 1.54) is 36.4 Å². The maximum atomic E-state index is 14.2. The molecule has 1 amide bonds. The highest BCUT2D eigenvalue weighted by Gasteiger charge is 2.45. The molecule has 0 aliphatic carbocycles. The van der Waals surface area contributed by atoms with Crippen LogP contribution < -0.4 is 0 Å². The normalized spacial score (nSPS) is 21.3. The van der Waals surface area contributed by atoms with Gasteiger partial charge in [0.05, 0.1) is 0 Å². The van der Waals surface area contributed by atoms with Crippen LogP contribution in [0, 0.1) is 37.3 Å². The molecule has 0 N–H and O–H groups in total. The molecule has 0 unspecified atom stereocenters. The molecular formula is C34H36F2N2O3. The van der Waals surface area contributed by atoms with Gasteiger partial charge in [-0.1, -0.05) is 42.5 Å². The van der Waals surface area contributed by atoms with Crippen LogP contribution in [0.5, 0.6) is 0 Å². The van der Waals surface area contributed by atoms with Gasteiger partial charge in [0.2, 0.25) is 5.91 Å². The summed E-state index contributed by atoms with van der Waals surface area (Å²) in [5.74, 6) is -2.97. The summed E-state index contributed by atoms with van der Waals surface area (Å²) in [5.41, 5.74) is 3.51. The summed E-state index contributed by atoms with van der Waals surface area (Å²) in [6.07, 6.45) is 2.16. The molecule has 2 heterocycles. The van der Waals surface area contributed by atoms with Crippen molar-refractivity contribution in [1.82, 2.24) is 9.80 Å². The van der Waals surface area contributed by atoms with E-state index in [9.17, 15) is 23.2 Å². The standard InChI is InChI=1S/C34H36F2N2O3/c1-22-8-3-13-28(23(22)2)32-29(33(40)24-9-4-11-26(35)18-24)20-37(15-7-17-38-16-6-14-31(38)39)21-30(32)34(41)25-10-5-12-27(36)19-25/h3-5,8-13,18-19,29-30,32H,6-7,14-17,20-21H2,1-2H3/t29-,30+,32+. The number of hydrogen-bond donors (Lipinski definition) is 0. The quantitative estimate of drug-likeness (QED) is 0.303. The van der Waals surface area contributed by atoms with E-state index in [4.69, 9.17) is 0 Å². The first-order valence-corrected chi connectivity index (χ1v) is 14.4. The number of likely N-dealkylation sites (tertiary alicyclic amines) is 2. The van der Waals surface area contributed by atoms with Crippen LogP contribution >= 0.6 is 0 Å². The van der Waals surface area contributed by atoms with Crippen molar-refractivity contribution in [3.8, 4) is 0 Å². The number of rotatable bonds is 9. The summed E-state index contributed by atoms with van der Waals surface area (Å²) in [5, 5.41) is 0. The van der Waals surface area contributed by atoms with Gasteiger partial charge in [0, 0.05) is 61.5 Å². The Labute approximate surface area is 240 Å². The lowest BCUT2D eigenvalue weighted by Crippen LogP contribution is -2.51. The number of amides is 1. The summed E-state index contributed by atoms with van der Waals surface area (Å²) >= 11 is 0. The lowest BCUT2D eigenvalue weighted by Gasteiger charge is -2.44. The van der Waals surface area contributed by atoms with Gasteiger partial charge in [0.25, 0.3) is 0 Å². The molecule has 0 radical (unpaired) electrons. The first kappa shape index (κ1) is 28.8. The number of hydrogen-bond acceptors (Lipinski definition) is 4. The first-order chi connectivity index (χ1) is 19.7. The number of carbonyl (C=O) groups excluding carboxylic acids is 3. The molecule has 214 valence electrons. The smallest absolute Gasteiger partial charge is 0.222 e. The second-order valence-corrected chi connectivity index (χ2v) is 11.4. The number of benzene rings is 3. The highest BCUT2D eigenvalue weighted by molar-refractivity contribution is 6.02. The van der Waals surface area contributed by atoms with E-state index >= 15 is 0 Å². The zero-order valence-corrected chi connectivity index (χ0v) is 23.6. The predicted octanol–water partition coefficient (Wildman–Crippen LogP) is 5.99. The molecule has 0 saturated carbocycles. The van der Waals surface area contributed by atoms with Crippen molar-refractivity contribution in [1.29, 1.82) is 0 Å². The minimum atomic E-state index is -0.623. The van der Waals surface area contributed by atoms with Crippen LogP contribution in [0.2, 0.25) is 0 Å². The highest BCUT2D eigenvalue weighted by atomic mass is 19.1. The average molecular weight is 559 g/mol. The Bertz CT molecular complexity index is 1390. The van der Waals surface area contributed by atoms with Gasteiger partial charge in [-0.2, -0.15) is 0 Å². The Balaban J connectivity index is 1.54. The minimum Gasteiger partial charge on any atom is -0.343 e. The van der Waals surface area contributed by atoms with E-state index in [0.29, 0.717) is 39.0 Å². The van der Waals surface area contributed by atoms with Crippen LogP contribution in [0.25, 0.3) is 0 Å². The summed E-state index contributed by atoms with van der Waals surface area (Å²) in [6, 6.07) is 17.3. The number of piperidine rings is 1. The third-order valence-electron chi connectivity index (χ3n) is 8.75. The molecule has 5 nitrogen and oxygen atoms in total. The minimum absolute atomic E-state index is 0.164. The SMILES string of the molecule is Cc1cccc([C@@H]2[C@@H](C(=O)c3cccc(F)c3)CN(CCCN3CCCC3=O)C[C@H]2C(=O)c2cccc(F)c2)c1C. The van der Waals surface area contributed by atoms with Crippen LogP contribution in [-0.2, 0) is 4.79 Å². The summed E-state index contributed by atoms with van der Waals surface area (Å²) < 4.78 is 28.5. The second-order valence-electron chi connectivity index (χ2n) is 11.4. The molecule has 2 fully saturated rings. The number of Topliss-reactive ketones (excluding diaryl/α,β-unsaturated/α-hetero) is 2. The molecule has 2 saturated heterocycles. The maximum Gasteiger partial charge on any atom is 0.222 e. The van der Waals surface area contributed by atoms with Crippen molar-refractivity contribution in [3.63, 3.8) is 0 Å². The largest absolute Gasteiger partial charge is 0.343 e. The second kappa shape index (κ2) is 12.4. The van der Waals surface area contributed by atoms with Gasteiger partial charge in [-0.05, 0) is 74.2 Å². The zero-order chi connectivity index (χ0) is 29.1. The van der Waals surface area contributed by atoms with Crippen LogP contribution in [0.3, 0.4) is 0 Å². The maximum absolute atomic E-state index is 14.2. The van der Waals surface area contributed by atoms with E-state index < -0.39 is 29.4 Å². The number of ketones is 2. The van der Waals surface area contributed by atoms with Gasteiger partial charge in [-0.3, -0.25) is 14.4 Å². The Morgan fingerprint density at radius 2 is 1.41 bits per heavy atom. The molecule has 41 heavy (non-hydrogen) atoms. The van der Waals surface area contributed by atoms with Crippen molar-refractivity contribution in [2.45, 2.75) is 39.0 Å². The van der Waals surface area contributed by atoms with Crippen molar-refractivity contribution >= 4 is 17.5 Å². The monoisotopic (exact) mass is 558 g/mol. The molecule has 0 aromatic heterocycles. The molecular weight excluding hydrogens is 522 g/mol. The summed E-state index contributed by atoms with van der Waals surface area (Å²) in [7, 11) is 0. The van der Waals surface area contributed by atoms with Gasteiger partial charge < -0.3 is 9.80 Å². The molecule has 3 aromatic carbocycles. The zero-order valence-electron chi connectivity index (χ0n) is 23.6. The topological polar surface area (TPSA) is 57.7 Å². The Morgan fingerprint density at radius 1 is 0.829 bits per heavy atom. The van der Waals surface area contributed by atoms with Crippen LogP contribution in [0.4, 0.5) is 8.78 Å². The Kier molecular flexibility index (Phi) is 8.74. The lowest BCUT2D eigenvalue weighted by molar-refractivity contribution is -0.127. The van der Waals surface area contributed by atoms with Crippen molar-refractivity contribution in [3.05, 3.63) is 106 Å². The van der Waals surface area contributed by atoms with Crippen LogP contribution in [0.15, 0.2) is 66.7 Å². The molecule has 5 rings (SSSR count). The molecule has 0 bridgehead atoms. The van der Waals surface area contributed by atoms with E-state index in [1.807, 2.05) is 36.9 Å². The molecule has 0 spiro atoms. The lowest BCUT2D eigenvalue weighted by atomic mass is 9.67. The van der Waals surface area contributed by atoms with E-state index in [1.54, 1.807) is 12.1 Å².